The fraction of sp³-hybridized carbons (Fsp3) is 0.273. The van der Waals surface area contributed by atoms with Gasteiger partial charge < -0.3 is 9.88 Å². The number of aryl methyl sites for hydroxylation is 1. The van der Waals surface area contributed by atoms with Crippen LogP contribution in [0.25, 0.3) is 5.69 Å². The summed E-state index contributed by atoms with van der Waals surface area (Å²) < 4.78 is 42.3. The molecule has 1 aromatic heterocycles. The van der Waals surface area contributed by atoms with Gasteiger partial charge in [-0.15, -0.1) is 0 Å². The second-order valence-corrected chi connectivity index (χ2v) is 8.86. The first kappa shape index (κ1) is 22.6. The monoisotopic (exact) mass is 444 g/mol. The number of halogens is 1. The van der Waals surface area contributed by atoms with Gasteiger partial charge in [0.2, 0.25) is 15.9 Å². The van der Waals surface area contributed by atoms with Crippen LogP contribution in [-0.2, 0) is 21.2 Å². The predicted octanol–water partition coefficient (Wildman–Crippen LogP) is 3.61. The van der Waals surface area contributed by atoms with Gasteiger partial charge in [-0.05, 0) is 42.3 Å². The maximum atomic E-state index is 14.3. The number of carbonyl (C=O) groups is 1. The maximum Gasteiger partial charge on any atom is 0.243 e. The zero-order valence-electron chi connectivity index (χ0n) is 17.5. The average Bonchev–Trinajstić information content (AvgIpc) is 3.28. The molecule has 0 aliphatic rings. The molecule has 0 radical (unpaired) electrons. The van der Waals surface area contributed by atoms with Crippen molar-refractivity contribution < 1.29 is 17.6 Å². The molecule has 0 aliphatic heterocycles. The SMILES string of the molecule is CCN(CC)S(=O)(=O)c1ccc(CCC(=O)Nc2ccc(-n3ccnc3)c(F)c2)cc1. The van der Waals surface area contributed by atoms with Gasteiger partial charge in [-0.2, -0.15) is 4.31 Å². The third-order valence-corrected chi connectivity index (χ3v) is 6.99. The predicted molar refractivity (Wildman–Crippen MR) is 117 cm³/mol. The Morgan fingerprint density at radius 3 is 2.42 bits per heavy atom. The van der Waals surface area contributed by atoms with Crippen molar-refractivity contribution in [1.29, 1.82) is 0 Å². The molecule has 2 aromatic carbocycles. The van der Waals surface area contributed by atoms with Crippen LogP contribution in [0.2, 0.25) is 0 Å². The van der Waals surface area contributed by atoms with Crippen LogP contribution >= 0.6 is 0 Å². The Labute approximate surface area is 181 Å². The van der Waals surface area contributed by atoms with E-state index >= 15 is 0 Å². The van der Waals surface area contributed by atoms with Gasteiger partial charge in [0.25, 0.3) is 0 Å². The lowest BCUT2D eigenvalue weighted by Crippen LogP contribution is -2.30. The van der Waals surface area contributed by atoms with Crippen LogP contribution in [0.1, 0.15) is 25.8 Å². The van der Waals surface area contributed by atoms with E-state index in [2.05, 4.69) is 10.3 Å². The van der Waals surface area contributed by atoms with E-state index in [9.17, 15) is 17.6 Å². The Morgan fingerprint density at radius 2 is 1.84 bits per heavy atom. The van der Waals surface area contributed by atoms with Crippen molar-refractivity contribution in [1.82, 2.24) is 13.9 Å². The number of anilines is 1. The highest BCUT2D eigenvalue weighted by Gasteiger charge is 2.21. The summed E-state index contributed by atoms with van der Waals surface area (Å²) in [7, 11) is -3.50. The van der Waals surface area contributed by atoms with Crippen LogP contribution < -0.4 is 5.32 Å². The molecule has 31 heavy (non-hydrogen) atoms. The first-order valence-corrected chi connectivity index (χ1v) is 11.5. The summed E-state index contributed by atoms with van der Waals surface area (Å²) in [5.74, 6) is -0.726. The minimum absolute atomic E-state index is 0.188. The molecule has 0 bridgehead atoms. The number of amides is 1. The van der Waals surface area contributed by atoms with Gasteiger partial charge >= 0.3 is 0 Å². The fourth-order valence-electron chi connectivity index (χ4n) is 3.22. The summed E-state index contributed by atoms with van der Waals surface area (Å²) in [6, 6.07) is 11.0. The summed E-state index contributed by atoms with van der Waals surface area (Å²) in [6.45, 7) is 4.41. The zero-order chi connectivity index (χ0) is 22.4. The van der Waals surface area contributed by atoms with Gasteiger partial charge in [-0.25, -0.2) is 17.8 Å². The molecule has 1 heterocycles. The quantitative estimate of drug-likeness (QED) is 0.546. The number of sulfonamides is 1. The van der Waals surface area contributed by atoms with Crippen LogP contribution in [0.4, 0.5) is 10.1 Å². The van der Waals surface area contributed by atoms with Crippen molar-refractivity contribution in [3.8, 4) is 5.69 Å². The van der Waals surface area contributed by atoms with Crippen molar-refractivity contribution in [2.45, 2.75) is 31.6 Å². The molecule has 7 nitrogen and oxygen atoms in total. The smallest absolute Gasteiger partial charge is 0.243 e. The normalized spacial score (nSPS) is 11.6. The second-order valence-electron chi connectivity index (χ2n) is 6.92. The van der Waals surface area contributed by atoms with Crippen molar-refractivity contribution in [3.05, 3.63) is 72.6 Å². The number of benzene rings is 2. The number of rotatable bonds is 9. The van der Waals surface area contributed by atoms with E-state index in [4.69, 9.17) is 0 Å². The van der Waals surface area contributed by atoms with E-state index in [1.165, 1.54) is 16.7 Å². The topological polar surface area (TPSA) is 84.3 Å². The number of hydrogen-bond donors (Lipinski definition) is 1. The van der Waals surface area contributed by atoms with Crippen molar-refractivity contribution in [3.63, 3.8) is 0 Å². The standard InChI is InChI=1S/C22H25FN4O3S/c1-3-27(4-2)31(29,30)19-9-5-17(6-10-19)7-12-22(28)25-18-8-11-21(20(23)15-18)26-14-13-24-16-26/h5-6,8-11,13-16H,3-4,7,12H2,1-2H3,(H,25,28). The van der Waals surface area contributed by atoms with E-state index in [0.29, 0.717) is 30.9 Å². The molecule has 0 saturated heterocycles. The average molecular weight is 445 g/mol. The molecule has 0 unspecified atom stereocenters. The molecule has 0 spiro atoms. The minimum atomic E-state index is -3.50. The minimum Gasteiger partial charge on any atom is -0.326 e. The number of carbonyl (C=O) groups excluding carboxylic acids is 1. The number of nitrogens with zero attached hydrogens (tertiary/aromatic N) is 3. The van der Waals surface area contributed by atoms with Crippen LogP contribution in [-0.4, -0.2) is 41.3 Å². The van der Waals surface area contributed by atoms with E-state index in [-0.39, 0.29) is 17.2 Å². The highest BCUT2D eigenvalue weighted by molar-refractivity contribution is 7.89. The Hall–Kier alpha value is -3.04. The lowest BCUT2D eigenvalue weighted by atomic mass is 10.1. The molecule has 1 amide bonds. The van der Waals surface area contributed by atoms with E-state index in [1.807, 2.05) is 0 Å². The van der Waals surface area contributed by atoms with Crippen LogP contribution in [0.3, 0.4) is 0 Å². The Balaban J connectivity index is 1.58. The number of nitrogens with one attached hydrogen (secondary N) is 1. The molecular weight excluding hydrogens is 419 g/mol. The molecule has 0 fully saturated rings. The van der Waals surface area contributed by atoms with Gasteiger partial charge in [-0.3, -0.25) is 4.79 Å². The van der Waals surface area contributed by atoms with Crippen molar-refractivity contribution in [2.75, 3.05) is 18.4 Å². The van der Waals surface area contributed by atoms with Gasteiger partial charge in [0.1, 0.15) is 5.82 Å². The number of aromatic nitrogens is 2. The highest BCUT2D eigenvalue weighted by atomic mass is 32.2. The highest BCUT2D eigenvalue weighted by Crippen LogP contribution is 2.19. The van der Waals surface area contributed by atoms with Crippen LogP contribution in [0, 0.1) is 5.82 Å². The van der Waals surface area contributed by atoms with E-state index in [0.717, 1.165) is 5.56 Å². The summed E-state index contributed by atoms with van der Waals surface area (Å²) >= 11 is 0. The zero-order valence-corrected chi connectivity index (χ0v) is 18.3. The van der Waals surface area contributed by atoms with E-state index < -0.39 is 15.8 Å². The molecule has 1 N–H and O–H groups in total. The van der Waals surface area contributed by atoms with Gasteiger partial charge in [0.05, 0.1) is 16.9 Å². The first-order chi connectivity index (χ1) is 14.8. The lowest BCUT2D eigenvalue weighted by Gasteiger charge is -2.18. The third kappa shape index (κ3) is 5.36. The molecule has 0 aliphatic carbocycles. The number of imidazole rings is 1. The molecule has 0 saturated carbocycles. The largest absolute Gasteiger partial charge is 0.326 e. The summed E-state index contributed by atoms with van der Waals surface area (Å²) in [5.41, 5.74) is 1.55. The van der Waals surface area contributed by atoms with Crippen LogP contribution in [0.5, 0.6) is 0 Å². The Kier molecular flexibility index (Phi) is 7.19. The lowest BCUT2D eigenvalue weighted by molar-refractivity contribution is -0.116. The summed E-state index contributed by atoms with van der Waals surface area (Å²) in [5, 5.41) is 2.68. The third-order valence-electron chi connectivity index (χ3n) is 4.92. The fourth-order valence-corrected chi connectivity index (χ4v) is 4.68. The molecular formula is C22H25FN4O3S. The maximum absolute atomic E-state index is 14.3. The first-order valence-electron chi connectivity index (χ1n) is 10.0. The molecule has 0 atom stereocenters. The summed E-state index contributed by atoms with van der Waals surface area (Å²) in [4.78, 5) is 16.4. The Bertz CT molecular complexity index is 1130. The molecule has 3 aromatic rings. The van der Waals surface area contributed by atoms with Crippen LogP contribution in [0.15, 0.2) is 66.1 Å². The van der Waals surface area contributed by atoms with Gasteiger partial charge in [0.15, 0.2) is 0 Å². The van der Waals surface area contributed by atoms with Gasteiger partial charge in [0, 0.05) is 37.6 Å². The molecule has 9 heteroatoms. The van der Waals surface area contributed by atoms with Crippen molar-refractivity contribution in [2.24, 2.45) is 0 Å². The van der Waals surface area contributed by atoms with Crippen molar-refractivity contribution >= 4 is 21.6 Å². The second kappa shape index (κ2) is 9.84. The summed E-state index contributed by atoms with van der Waals surface area (Å²) in [6.07, 6.45) is 5.31. The number of hydrogen-bond acceptors (Lipinski definition) is 4. The molecule has 3 rings (SSSR count). The molecule has 164 valence electrons. The Morgan fingerprint density at radius 1 is 1.13 bits per heavy atom. The van der Waals surface area contributed by atoms with Gasteiger partial charge in [-0.1, -0.05) is 26.0 Å². The van der Waals surface area contributed by atoms with E-state index in [1.54, 1.807) is 67.2 Å².